The fraction of sp³-hybridized carbons (Fsp3) is 0.900. The minimum absolute atomic E-state index is 0.0936. The summed E-state index contributed by atoms with van der Waals surface area (Å²) in [5.74, 6) is 0.654. The highest BCUT2D eigenvalue weighted by atomic mass is 16.3. The van der Waals surface area contributed by atoms with Crippen molar-refractivity contribution in [1.29, 1.82) is 0 Å². The average molecular weight is 320 g/mol. The van der Waals surface area contributed by atoms with Gasteiger partial charge in [0.05, 0.1) is 12.2 Å². The molecule has 2 bridgehead atoms. The van der Waals surface area contributed by atoms with Crippen LogP contribution in [0.5, 0.6) is 0 Å². The van der Waals surface area contributed by atoms with Gasteiger partial charge in [0.1, 0.15) is 0 Å². The van der Waals surface area contributed by atoms with Crippen molar-refractivity contribution in [2.75, 3.05) is 6.61 Å². The third-order valence-corrected chi connectivity index (χ3v) is 8.72. The number of hydrogen-bond donors (Lipinski definition) is 3. The molecule has 0 unspecified atom stereocenters. The van der Waals surface area contributed by atoms with E-state index in [1.165, 1.54) is 0 Å². The van der Waals surface area contributed by atoms with Crippen molar-refractivity contribution in [2.24, 2.45) is 33.5 Å². The van der Waals surface area contributed by atoms with E-state index in [1.54, 1.807) is 0 Å². The van der Waals surface area contributed by atoms with Gasteiger partial charge in [-0.15, -0.1) is 0 Å². The lowest BCUT2D eigenvalue weighted by Crippen LogP contribution is -2.66. The van der Waals surface area contributed by atoms with Crippen LogP contribution in [-0.2, 0) is 0 Å². The number of fused-ring (bicyclic) bond motifs is 3. The number of aliphatic hydroxyl groups excluding tert-OH is 3. The first-order valence-corrected chi connectivity index (χ1v) is 9.40. The van der Waals surface area contributed by atoms with E-state index in [2.05, 4.69) is 32.9 Å². The van der Waals surface area contributed by atoms with Crippen LogP contribution >= 0.6 is 0 Å². The molecule has 3 N–H and O–H groups in total. The molecule has 0 aromatic rings. The van der Waals surface area contributed by atoms with Crippen LogP contribution in [0.2, 0.25) is 0 Å². The molecule has 0 amide bonds. The van der Waals surface area contributed by atoms with Crippen molar-refractivity contribution >= 4 is 0 Å². The summed E-state index contributed by atoms with van der Waals surface area (Å²) < 4.78 is 0. The third kappa shape index (κ3) is 1.72. The van der Waals surface area contributed by atoms with Crippen molar-refractivity contribution in [3.63, 3.8) is 0 Å². The highest BCUT2D eigenvalue weighted by Gasteiger charge is 2.70. The van der Waals surface area contributed by atoms with E-state index in [0.717, 1.165) is 32.1 Å². The van der Waals surface area contributed by atoms with Crippen LogP contribution in [0.4, 0.5) is 0 Å². The van der Waals surface area contributed by atoms with Crippen LogP contribution < -0.4 is 0 Å². The molecule has 1 spiro atoms. The van der Waals surface area contributed by atoms with E-state index in [1.807, 2.05) is 0 Å². The maximum absolute atomic E-state index is 11.2. The van der Waals surface area contributed by atoms with Crippen molar-refractivity contribution < 1.29 is 15.3 Å². The van der Waals surface area contributed by atoms with E-state index >= 15 is 0 Å². The lowest BCUT2D eigenvalue weighted by molar-refractivity contribution is -0.234. The summed E-state index contributed by atoms with van der Waals surface area (Å²) in [6.07, 6.45) is 9.52. The number of aliphatic hydroxyl groups is 3. The normalized spacial score (nSPS) is 61.1. The Morgan fingerprint density at radius 2 is 1.74 bits per heavy atom. The van der Waals surface area contributed by atoms with Gasteiger partial charge in [-0.3, -0.25) is 0 Å². The Morgan fingerprint density at radius 1 is 1.00 bits per heavy atom. The molecule has 4 aliphatic rings. The molecule has 0 aliphatic heterocycles. The Labute approximate surface area is 139 Å². The molecule has 130 valence electrons. The van der Waals surface area contributed by atoms with E-state index in [4.69, 9.17) is 0 Å². The van der Waals surface area contributed by atoms with E-state index < -0.39 is 17.6 Å². The van der Waals surface area contributed by atoms with E-state index in [-0.39, 0.29) is 22.9 Å². The van der Waals surface area contributed by atoms with Gasteiger partial charge in [-0.25, -0.2) is 0 Å². The first kappa shape index (κ1) is 16.1. The van der Waals surface area contributed by atoms with Crippen LogP contribution in [0.25, 0.3) is 0 Å². The second-order valence-electron chi connectivity index (χ2n) is 9.81. The number of rotatable bonds is 1. The molecule has 3 saturated carbocycles. The van der Waals surface area contributed by atoms with Gasteiger partial charge in [-0.1, -0.05) is 39.3 Å². The molecule has 3 fully saturated rings. The predicted octanol–water partition coefficient (Wildman–Crippen LogP) is 2.89. The Morgan fingerprint density at radius 3 is 2.43 bits per heavy atom. The Kier molecular flexibility index (Phi) is 3.23. The third-order valence-electron chi connectivity index (χ3n) is 8.72. The van der Waals surface area contributed by atoms with Crippen LogP contribution in [-0.4, -0.2) is 34.1 Å². The second kappa shape index (κ2) is 4.62. The van der Waals surface area contributed by atoms with E-state index in [9.17, 15) is 15.3 Å². The zero-order chi connectivity index (χ0) is 16.7. The maximum Gasteiger partial charge on any atom is 0.0746 e. The Hall–Kier alpha value is -0.380. The highest BCUT2D eigenvalue weighted by Crippen LogP contribution is 2.71. The average Bonchev–Trinajstić information content (AvgIpc) is 2.68. The summed E-state index contributed by atoms with van der Waals surface area (Å²) in [6, 6.07) is 0. The molecule has 0 heterocycles. The van der Waals surface area contributed by atoms with Gasteiger partial charge in [-0.2, -0.15) is 0 Å². The molecule has 3 nitrogen and oxygen atoms in total. The quantitative estimate of drug-likeness (QED) is 0.651. The smallest absolute Gasteiger partial charge is 0.0746 e. The van der Waals surface area contributed by atoms with Crippen molar-refractivity contribution in [3.05, 3.63) is 12.2 Å². The van der Waals surface area contributed by atoms with Gasteiger partial charge >= 0.3 is 0 Å². The molecule has 8 atom stereocenters. The fourth-order valence-electron chi connectivity index (χ4n) is 7.35. The predicted molar refractivity (Wildman–Crippen MR) is 89.7 cm³/mol. The molecular formula is C20H32O3. The first-order valence-electron chi connectivity index (χ1n) is 9.40. The van der Waals surface area contributed by atoms with Crippen LogP contribution in [0.15, 0.2) is 12.2 Å². The molecular weight excluding hydrogens is 288 g/mol. The highest BCUT2D eigenvalue weighted by molar-refractivity contribution is 5.31. The van der Waals surface area contributed by atoms with Gasteiger partial charge in [-0.05, 0) is 54.8 Å². The van der Waals surface area contributed by atoms with Gasteiger partial charge in [0.2, 0.25) is 0 Å². The molecule has 0 radical (unpaired) electrons. The monoisotopic (exact) mass is 320 g/mol. The van der Waals surface area contributed by atoms with Gasteiger partial charge in [0.15, 0.2) is 0 Å². The molecule has 4 rings (SSSR count). The molecule has 0 saturated heterocycles. The summed E-state index contributed by atoms with van der Waals surface area (Å²) in [4.78, 5) is 0. The largest absolute Gasteiger partial charge is 0.396 e. The maximum atomic E-state index is 11.2. The zero-order valence-electron chi connectivity index (χ0n) is 14.8. The lowest BCUT2D eigenvalue weighted by atomic mass is 9.39. The number of hydrogen-bond acceptors (Lipinski definition) is 3. The molecule has 3 heteroatoms. The molecule has 0 aromatic heterocycles. The van der Waals surface area contributed by atoms with E-state index in [0.29, 0.717) is 18.3 Å². The van der Waals surface area contributed by atoms with Crippen molar-refractivity contribution in [2.45, 2.75) is 71.5 Å². The summed E-state index contributed by atoms with van der Waals surface area (Å²) in [7, 11) is 0. The van der Waals surface area contributed by atoms with Crippen molar-refractivity contribution in [3.8, 4) is 0 Å². The van der Waals surface area contributed by atoms with Crippen LogP contribution in [0, 0.1) is 33.5 Å². The first-order chi connectivity index (χ1) is 10.7. The molecule has 23 heavy (non-hydrogen) atoms. The SMILES string of the molecule is C[C@]1(CO)CCC[C@]2(C)[C@@H]1C[C@H](O)[C@@]13C=C[C@@](C)(CC[C@@H]21)[C@H]3O. The van der Waals surface area contributed by atoms with Gasteiger partial charge < -0.3 is 15.3 Å². The molecule has 0 aromatic carbocycles. The zero-order valence-corrected chi connectivity index (χ0v) is 14.8. The lowest BCUT2D eigenvalue weighted by Gasteiger charge is -2.67. The fourth-order valence-corrected chi connectivity index (χ4v) is 7.35. The standard InChI is InChI=1S/C20H32O3/c1-17-8-5-13-19(3)7-4-6-18(2,12-21)14(19)11-15(22)20(13,10-9-17)16(17)23/h9-10,13-16,21-23H,4-8,11-12H2,1-3H3/t13-,14+,15-,16+,17+,18+,19-,20+/m0/s1. The Bertz CT molecular complexity index is 545. The van der Waals surface area contributed by atoms with Crippen molar-refractivity contribution in [1.82, 2.24) is 0 Å². The summed E-state index contributed by atoms with van der Waals surface area (Å²) >= 11 is 0. The minimum atomic E-state index is -0.497. The van der Waals surface area contributed by atoms with Crippen LogP contribution in [0.3, 0.4) is 0 Å². The topological polar surface area (TPSA) is 60.7 Å². The Balaban J connectivity index is 1.82. The summed E-state index contributed by atoms with van der Waals surface area (Å²) in [5, 5.41) is 32.4. The summed E-state index contributed by atoms with van der Waals surface area (Å²) in [5.41, 5.74) is -0.628. The molecule has 4 aliphatic carbocycles. The van der Waals surface area contributed by atoms with Gasteiger partial charge in [0, 0.05) is 17.4 Å². The second-order valence-corrected chi connectivity index (χ2v) is 9.81. The minimum Gasteiger partial charge on any atom is -0.396 e. The van der Waals surface area contributed by atoms with Gasteiger partial charge in [0.25, 0.3) is 0 Å². The van der Waals surface area contributed by atoms with Crippen LogP contribution in [0.1, 0.15) is 59.3 Å². The summed E-state index contributed by atoms with van der Waals surface area (Å²) in [6.45, 7) is 6.92.